The van der Waals surface area contributed by atoms with Gasteiger partial charge in [0.2, 0.25) is 0 Å². The molecule has 0 fully saturated rings. The summed E-state index contributed by atoms with van der Waals surface area (Å²) >= 11 is 3.63. The first-order valence-electron chi connectivity index (χ1n) is 6.09. The molecule has 2 heterocycles. The molecule has 0 amide bonds. The predicted octanol–water partition coefficient (Wildman–Crippen LogP) is 3.37. The van der Waals surface area contributed by atoms with Crippen molar-refractivity contribution in [1.82, 2.24) is 10.3 Å². The van der Waals surface area contributed by atoms with Crippen LogP contribution in [0.25, 0.3) is 0 Å². The topological polar surface area (TPSA) is 37.3 Å². The van der Waals surface area contributed by atoms with Crippen LogP contribution in [0, 0.1) is 6.92 Å². The molecule has 0 aliphatic carbocycles. The molecular weight excluding hydrogens is 250 g/mol. The highest BCUT2D eigenvalue weighted by atomic mass is 32.2. The van der Waals surface area contributed by atoms with Gasteiger partial charge >= 0.3 is 0 Å². The molecule has 0 spiro atoms. The van der Waals surface area contributed by atoms with Crippen LogP contribution in [0.1, 0.15) is 42.6 Å². The molecule has 0 saturated heterocycles. The lowest BCUT2D eigenvalue weighted by molar-refractivity contribution is 0.714. The number of amidine groups is 1. The van der Waals surface area contributed by atoms with Gasteiger partial charge in [0.05, 0.1) is 12.6 Å². The molecule has 0 saturated carbocycles. The quantitative estimate of drug-likeness (QED) is 0.910. The van der Waals surface area contributed by atoms with Crippen LogP contribution in [0.2, 0.25) is 0 Å². The Balaban J connectivity index is 1.86. The predicted molar refractivity (Wildman–Crippen MR) is 77.0 cm³/mol. The minimum atomic E-state index is 0.264. The first-order chi connectivity index (χ1) is 8.19. The number of aryl methyl sites for hydroxylation is 1. The van der Waals surface area contributed by atoms with E-state index >= 15 is 0 Å². The van der Waals surface area contributed by atoms with Gasteiger partial charge in [0.15, 0.2) is 5.17 Å². The molecule has 5 heteroatoms. The van der Waals surface area contributed by atoms with Crippen LogP contribution >= 0.6 is 23.1 Å². The molecule has 2 atom stereocenters. The van der Waals surface area contributed by atoms with Gasteiger partial charge in [-0.15, -0.1) is 11.3 Å². The molecule has 17 heavy (non-hydrogen) atoms. The average Bonchev–Trinajstić information content (AvgIpc) is 2.88. The fourth-order valence-electron chi connectivity index (χ4n) is 1.79. The number of hydrogen-bond donors (Lipinski definition) is 1. The molecule has 3 nitrogen and oxygen atoms in total. The van der Waals surface area contributed by atoms with E-state index in [1.807, 2.05) is 18.0 Å². The van der Waals surface area contributed by atoms with Crippen LogP contribution in [-0.2, 0) is 0 Å². The lowest BCUT2D eigenvalue weighted by atomic mass is 10.2. The minimum Gasteiger partial charge on any atom is -0.356 e. The first kappa shape index (κ1) is 12.9. The average molecular weight is 269 g/mol. The summed E-state index contributed by atoms with van der Waals surface area (Å²) in [5, 5.41) is 6.36. The third kappa shape index (κ3) is 3.45. The maximum absolute atomic E-state index is 4.55. The Labute approximate surface area is 111 Å². The van der Waals surface area contributed by atoms with Crippen LogP contribution < -0.4 is 5.32 Å². The number of rotatable bonds is 4. The highest BCUT2D eigenvalue weighted by Crippen LogP contribution is 2.26. The lowest BCUT2D eigenvalue weighted by Gasteiger charge is -2.12. The van der Waals surface area contributed by atoms with Crippen LogP contribution in [-0.4, -0.2) is 21.9 Å². The van der Waals surface area contributed by atoms with E-state index in [4.69, 9.17) is 0 Å². The number of thiazole rings is 1. The Kier molecular flexibility index (Phi) is 4.45. The molecule has 1 aromatic heterocycles. The van der Waals surface area contributed by atoms with Crippen LogP contribution in [0.3, 0.4) is 0 Å². The molecule has 1 aromatic rings. The van der Waals surface area contributed by atoms with Crippen molar-refractivity contribution in [3.63, 3.8) is 0 Å². The van der Waals surface area contributed by atoms with E-state index in [0.717, 1.165) is 16.7 Å². The van der Waals surface area contributed by atoms with E-state index in [-0.39, 0.29) is 6.04 Å². The second-order valence-electron chi connectivity index (χ2n) is 4.35. The molecule has 2 unspecified atom stereocenters. The van der Waals surface area contributed by atoms with Gasteiger partial charge in [0, 0.05) is 16.3 Å². The summed E-state index contributed by atoms with van der Waals surface area (Å²) in [6, 6.07) is 0.264. The zero-order chi connectivity index (χ0) is 12.3. The summed E-state index contributed by atoms with van der Waals surface area (Å²) < 4.78 is 0. The van der Waals surface area contributed by atoms with Crippen molar-refractivity contribution < 1.29 is 0 Å². The zero-order valence-corrected chi connectivity index (χ0v) is 12.2. The van der Waals surface area contributed by atoms with Gasteiger partial charge in [-0.1, -0.05) is 25.1 Å². The van der Waals surface area contributed by atoms with Gasteiger partial charge in [0.1, 0.15) is 5.01 Å². The molecule has 2 rings (SSSR count). The number of aliphatic imine (C=N–C) groups is 1. The lowest BCUT2D eigenvalue weighted by Crippen LogP contribution is -2.23. The molecule has 0 aromatic carbocycles. The summed E-state index contributed by atoms with van der Waals surface area (Å²) in [6.07, 6.45) is 4.42. The van der Waals surface area contributed by atoms with Gasteiger partial charge in [-0.05, 0) is 20.3 Å². The smallest absolute Gasteiger partial charge is 0.157 e. The first-order valence-corrected chi connectivity index (χ1v) is 7.78. The Morgan fingerprint density at radius 1 is 1.59 bits per heavy atom. The van der Waals surface area contributed by atoms with Crippen molar-refractivity contribution in [2.24, 2.45) is 4.99 Å². The van der Waals surface area contributed by atoms with Crippen molar-refractivity contribution in [2.75, 3.05) is 6.54 Å². The molecule has 94 valence electrons. The Morgan fingerprint density at radius 2 is 2.41 bits per heavy atom. The monoisotopic (exact) mass is 269 g/mol. The maximum Gasteiger partial charge on any atom is 0.157 e. The van der Waals surface area contributed by atoms with E-state index in [2.05, 4.69) is 36.1 Å². The molecule has 1 N–H and O–H groups in total. The number of aromatic nitrogens is 1. The summed E-state index contributed by atoms with van der Waals surface area (Å²) in [5.74, 6) is 0. The fourth-order valence-corrected chi connectivity index (χ4v) is 3.78. The van der Waals surface area contributed by atoms with E-state index in [9.17, 15) is 0 Å². The van der Waals surface area contributed by atoms with Crippen molar-refractivity contribution in [1.29, 1.82) is 0 Å². The van der Waals surface area contributed by atoms with Crippen molar-refractivity contribution in [3.8, 4) is 0 Å². The fraction of sp³-hybridized carbons (Fsp3) is 0.667. The Hall–Kier alpha value is -0.550. The normalized spacial score (nSPS) is 21.4. The summed E-state index contributed by atoms with van der Waals surface area (Å²) in [6.45, 7) is 7.43. The second-order valence-corrected chi connectivity index (χ2v) is 6.90. The van der Waals surface area contributed by atoms with E-state index in [1.54, 1.807) is 11.3 Å². The molecule has 0 radical (unpaired) electrons. The van der Waals surface area contributed by atoms with Gasteiger partial charge in [-0.25, -0.2) is 4.98 Å². The summed E-state index contributed by atoms with van der Waals surface area (Å²) in [4.78, 5) is 10.2. The summed E-state index contributed by atoms with van der Waals surface area (Å²) in [5.41, 5.74) is 0. The van der Waals surface area contributed by atoms with Crippen LogP contribution in [0.5, 0.6) is 0 Å². The third-order valence-electron chi connectivity index (χ3n) is 2.68. The van der Waals surface area contributed by atoms with Crippen LogP contribution in [0.15, 0.2) is 11.2 Å². The van der Waals surface area contributed by atoms with Crippen LogP contribution in [0.4, 0.5) is 0 Å². The van der Waals surface area contributed by atoms with Crippen molar-refractivity contribution in [2.45, 2.75) is 44.9 Å². The molecular formula is C12H19N3S2. The maximum atomic E-state index is 4.55. The van der Waals surface area contributed by atoms with Crippen molar-refractivity contribution in [3.05, 3.63) is 16.1 Å². The second kappa shape index (κ2) is 5.87. The van der Waals surface area contributed by atoms with E-state index < -0.39 is 0 Å². The largest absolute Gasteiger partial charge is 0.356 e. The van der Waals surface area contributed by atoms with Gasteiger partial charge in [-0.3, -0.25) is 4.99 Å². The standard InChI is InChI=1S/C12H19N3S2/c1-4-5-10-7-14-12(17-10)15-9(3)11-13-6-8(2)16-11/h6,9-10H,4-5,7H2,1-3H3,(H,14,15). The highest BCUT2D eigenvalue weighted by molar-refractivity contribution is 8.14. The third-order valence-corrected chi connectivity index (χ3v) is 4.96. The Morgan fingerprint density at radius 3 is 3.06 bits per heavy atom. The number of thioether (sulfide) groups is 1. The highest BCUT2D eigenvalue weighted by Gasteiger charge is 2.20. The van der Waals surface area contributed by atoms with Crippen molar-refractivity contribution >= 4 is 28.3 Å². The van der Waals surface area contributed by atoms with Gasteiger partial charge in [-0.2, -0.15) is 0 Å². The van der Waals surface area contributed by atoms with Gasteiger partial charge < -0.3 is 5.32 Å². The summed E-state index contributed by atoms with van der Waals surface area (Å²) in [7, 11) is 0. The van der Waals surface area contributed by atoms with Gasteiger partial charge in [0.25, 0.3) is 0 Å². The molecule has 1 aliphatic rings. The SMILES string of the molecule is CCCC1CN=C(NC(C)c2ncc(C)s2)S1. The number of hydrogen-bond acceptors (Lipinski definition) is 5. The van der Waals surface area contributed by atoms with E-state index in [1.165, 1.54) is 17.7 Å². The molecule has 0 bridgehead atoms. The van der Waals surface area contributed by atoms with E-state index in [0.29, 0.717) is 5.25 Å². The molecule has 1 aliphatic heterocycles. The Bertz CT molecular complexity index is 400. The minimum absolute atomic E-state index is 0.264. The zero-order valence-electron chi connectivity index (χ0n) is 10.6. The number of nitrogens with zero attached hydrogens (tertiary/aromatic N) is 2. The number of nitrogens with one attached hydrogen (secondary N) is 1.